The molecule has 2 N–H and O–H groups in total. The Labute approximate surface area is 113 Å². The third-order valence-electron chi connectivity index (χ3n) is 2.34. The summed E-state index contributed by atoms with van der Waals surface area (Å²) < 4.78 is 31.1. The van der Waals surface area contributed by atoms with Crippen molar-refractivity contribution >= 4 is 12.1 Å². The summed E-state index contributed by atoms with van der Waals surface area (Å²) in [7, 11) is 0. The van der Waals surface area contributed by atoms with E-state index < -0.39 is 36.2 Å². The molecular weight excluding hydrogens is 272 g/mol. The quantitative estimate of drug-likeness (QED) is 0.787. The predicted octanol–water partition coefficient (Wildman–Crippen LogP) is 2.39. The van der Waals surface area contributed by atoms with Gasteiger partial charge >= 0.3 is 12.1 Å². The van der Waals surface area contributed by atoms with Crippen molar-refractivity contribution in [2.24, 2.45) is 0 Å². The number of benzene rings is 1. The van der Waals surface area contributed by atoms with E-state index in [4.69, 9.17) is 5.11 Å². The van der Waals surface area contributed by atoms with Crippen molar-refractivity contribution in [2.75, 3.05) is 6.61 Å². The van der Waals surface area contributed by atoms with E-state index in [0.29, 0.717) is 6.07 Å². The average Bonchev–Trinajstić information content (AvgIpc) is 2.35. The van der Waals surface area contributed by atoms with Crippen molar-refractivity contribution in [3.05, 3.63) is 48.1 Å². The topological polar surface area (TPSA) is 75.6 Å². The average molecular weight is 285 g/mol. The summed E-state index contributed by atoms with van der Waals surface area (Å²) in [5.74, 6) is -2.99. The SMILES string of the molecule is C=CCOC(=O)N[C@H](CC(=O)O)c1ccc(F)cc1F. The number of ether oxygens (including phenoxy) is 1. The lowest BCUT2D eigenvalue weighted by molar-refractivity contribution is -0.137. The zero-order valence-corrected chi connectivity index (χ0v) is 10.4. The van der Waals surface area contributed by atoms with Crippen LogP contribution in [0.1, 0.15) is 18.0 Å². The molecule has 0 radical (unpaired) electrons. The van der Waals surface area contributed by atoms with Gasteiger partial charge < -0.3 is 15.2 Å². The Hall–Kier alpha value is -2.44. The third kappa shape index (κ3) is 4.68. The molecule has 7 heteroatoms. The van der Waals surface area contributed by atoms with Gasteiger partial charge in [-0.15, -0.1) is 0 Å². The summed E-state index contributed by atoms with van der Waals surface area (Å²) in [5.41, 5.74) is -0.135. The third-order valence-corrected chi connectivity index (χ3v) is 2.34. The van der Waals surface area contributed by atoms with Gasteiger partial charge in [0.25, 0.3) is 0 Å². The van der Waals surface area contributed by atoms with Crippen LogP contribution in [0.15, 0.2) is 30.9 Å². The van der Waals surface area contributed by atoms with Crippen LogP contribution in [0, 0.1) is 11.6 Å². The number of nitrogens with one attached hydrogen (secondary N) is 1. The Morgan fingerprint density at radius 3 is 2.70 bits per heavy atom. The van der Waals surface area contributed by atoms with E-state index in [1.807, 2.05) is 0 Å². The second-order valence-electron chi connectivity index (χ2n) is 3.85. The zero-order chi connectivity index (χ0) is 15.1. The Bertz CT molecular complexity index is 519. The summed E-state index contributed by atoms with van der Waals surface area (Å²) >= 11 is 0. The van der Waals surface area contributed by atoms with Crippen molar-refractivity contribution in [3.8, 4) is 0 Å². The van der Waals surface area contributed by atoms with Gasteiger partial charge in [0.1, 0.15) is 18.2 Å². The molecule has 0 unspecified atom stereocenters. The lowest BCUT2D eigenvalue weighted by atomic mass is 10.0. The Morgan fingerprint density at radius 1 is 1.45 bits per heavy atom. The number of carbonyl (C=O) groups excluding carboxylic acids is 1. The van der Waals surface area contributed by atoms with E-state index in [9.17, 15) is 18.4 Å². The van der Waals surface area contributed by atoms with Crippen LogP contribution in [-0.2, 0) is 9.53 Å². The van der Waals surface area contributed by atoms with E-state index in [-0.39, 0.29) is 12.2 Å². The van der Waals surface area contributed by atoms with Gasteiger partial charge in [0.2, 0.25) is 0 Å². The van der Waals surface area contributed by atoms with Gasteiger partial charge in [0.15, 0.2) is 0 Å². The van der Waals surface area contributed by atoms with Crippen LogP contribution < -0.4 is 5.32 Å². The van der Waals surface area contributed by atoms with Crippen LogP contribution >= 0.6 is 0 Å². The molecule has 1 atom stereocenters. The molecule has 1 aromatic rings. The standard InChI is InChI=1S/C13H13F2NO4/c1-2-5-20-13(19)16-11(7-12(17)18)9-4-3-8(14)6-10(9)15/h2-4,6,11H,1,5,7H2,(H,16,19)(H,17,18)/t11-/m1/s1. The molecule has 5 nitrogen and oxygen atoms in total. The smallest absolute Gasteiger partial charge is 0.407 e. The second kappa shape index (κ2) is 7.22. The van der Waals surface area contributed by atoms with Crippen molar-refractivity contribution in [2.45, 2.75) is 12.5 Å². The first kappa shape index (κ1) is 15.6. The van der Waals surface area contributed by atoms with Gasteiger partial charge in [-0.1, -0.05) is 18.7 Å². The summed E-state index contributed by atoms with van der Waals surface area (Å²) in [4.78, 5) is 22.1. The highest BCUT2D eigenvalue weighted by molar-refractivity contribution is 5.72. The first-order chi connectivity index (χ1) is 9.43. The molecule has 0 aromatic heterocycles. The molecule has 0 spiro atoms. The number of carboxylic acid groups (broad SMARTS) is 1. The van der Waals surface area contributed by atoms with Gasteiger partial charge in [-0.3, -0.25) is 4.79 Å². The Balaban J connectivity index is 2.90. The fraction of sp³-hybridized carbons (Fsp3) is 0.231. The molecule has 1 amide bonds. The molecule has 0 saturated carbocycles. The molecule has 1 rings (SSSR count). The Kier molecular flexibility index (Phi) is 5.64. The molecule has 0 aliphatic heterocycles. The molecule has 1 aromatic carbocycles. The van der Waals surface area contributed by atoms with E-state index in [1.54, 1.807) is 0 Å². The molecule has 0 heterocycles. The van der Waals surface area contributed by atoms with Crippen LogP contribution in [0.2, 0.25) is 0 Å². The van der Waals surface area contributed by atoms with Gasteiger partial charge in [-0.25, -0.2) is 13.6 Å². The van der Waals surface area contributed by atoms with Gasteiger partial charge in [-0.05, 0) is 6.07 Å². The molecule has 0 fully saturated rings. The second-order valence-corrected chi connectivity index (χ2v) is 3.85. The minimum atomic E-state index is -1.25. The summed E-state index contributed by atoms with van der Waals surface area (Å²) in [6.07, 6.45) is -0.157. The summed E-state index contributed by atoms with van der Waals surface area (Å²) in [6, 6.07) is 1.50. The number of aliphatic carboxylic acids is 1. The fourth-order valence-electron chi connectivity index (χ4n) is 1.52. The van der Waals surface area contributed by atoms with Gasteiger partial charge in [0, 0.05) is 11.6 Å². The molecule has 20 heavy (non-hydrogen) atoms. The van der Waals surface area contributed by atoms with Crippen LogP contribution in [0.25, 0.3) is 0 Å². The van der Waals surface area contributed by atoms with E-state index in [2.05, 4.69) is 16.6 Å². The normalized spacial score (nSPS) is 11.5. The van der Waals surface area contributed by atoms with Crippen molar-refractivity contribution in [1.29, 1.82) is 0 Å². The van der Waals surface area contributed by atoms with E-state index in [0.717, 1.165) is 12.1 Å². The van der Waals surface area contributed by atoms with E-state index >= 15 is 0 Å². The number of carbonyl (C=O) groups is 2. The lowest BCUT2D eigenvalue weighted by Crippen LogP contribution is -2.31. The molecule has 108 valence electrons. The largest absolute Gasteiger partial charge is 0.481 e. The first-order valence-electron chi connectivity index (χ1n) is 5.65. The summed E-state index contributed by atoms with van der Waals surface area (Å²) in [5, 5.41) is 11.0. The van der Waals surface area contributed by atoms with Crippen molar-refractivity contribution < 1.29 is 28.2 Å². The number of hydrogen-bond acceptors (Lipinski definition) is 3. The first-order valence-corrected chi connectivity index (χ1v) is 5.65. The minimum Gasteiger partial charge on any atom is -0.481 e. The lowest BCUT2D eigenvalue weighted by Gasteiger charge is -2.17. The van der Waals surface area contributed by atoms with Gasteiger partial charge in [0.05, 0.1) is 12.5 Å². The van der Waals surface area contributed by atoms with Crippen molar-refractivity contribution in [3.63, 3.8) is 0 Å². The highest BCUT2D eigenvalue weighted by Gasteiger charge is 2.22. The van der Waals surface area contributed by atoms with Crippen molar-refractivity contribution in [1.82, 2.24) is 5.32 Å². The molecule has 0 saturated heterocycles. The number of rotatable bonds is 6. The van der Waals surface area contributed by atoms with Crippen LogP contribution in [-0.4, -0.2) is 23.8 Å². The highest BCUT2D eigenvalue weighted by atomic mass is 19.1. The van der Waals surface area contributed by atoms with Crippen LogP contribution in [0.4, 0.5) is 13.6 Å². The number of halogens is 2. The zero-order valence-electron chi connectivity index (χ0n) is 10.4. The monoisotopic (exact) mass is 285 g/mol. The number of amides is 1. The molecular formula is C13H13F2NO4. The number of alkyl carbamates (subject to hydrolysis) is 1. The number of carboxylic acids is 1. The molecule has 0 aliphatic carbocycles. The van der Waals surface area contributed by atoms with Crippen LogP contribution in [0.3, 0.4) is 0 Å². The number of hydrogen-bond donors (Lipinski definition) is 2. The van der Waals surface area contributed by atoms with Gasteiger partial charge in [-0.2, -0.15) is 0 Å². The highest BCUT2D eigenvalue weighted by Crippen LogP contribution is 2.21. The maximum Gasteiger partial charge on any atom is 0.407 e. The van der Waals surface area contributed by atoms with E-state index in [1.165, 1.54) is 6.08 Å². The minimum absolute atomic E-state index is 0.0719. The fourth-order valence-corrected chi connectivity index (χ4v) is 1.52. The van der Waals surface area contributed by atoms with Crippen LogP contribution in [0.5, 0.6) is 0 Å². The summed E-state index contributed by atoms with van der Waals surface area (Å²) in [6.45, 7) is 3.27. The Morgan fingerprint density at radius 2 is 2.15 bits per heavy atom. The maximum atomic E-state index is 13.6. The molecule has 0 aliphatic rings. The molecule has 0 bridgehead atoms. The predicted molar refractivity (Wildman–Crippen MR) is 66.0 cm³/mol. The maximum absolute atomic E-state index is 13.6.